The van der Waals surface area contributed by atoms with Crippen molar-refractivity contribution in [3.63, 3.8) is 0 Å². The molecule has 2 N–H and O–H groups in total. The maximum Gasteiger partial charge on any atom is 0.418 e. The van der Waals surface area contributed by atoms with Crippen LogP contribution < -0.4 is 10.1 Å². The van der Waals surface area contributed by atoms with E-state index in [0.29, 0.717) is 42.0 Å². The second-order valence-corrected chi connectivity index (χ2v) is 8.62. The monoisotopic (exact) mass is 487 g/mol. The van der Waals surface area contributed by atoms with E-state index >= 15 is 0 Å². The highest BCUT2D eigenvalue weighted by Gasteiger charge is 2.45. The summed E-state index contributed by atoms with van der Waals surface area (Å²) in [5.41, 5.74) is 0.430. The number of nitrogens with one attached hydrogen (secondary N) is 1. The van der Waals surface area contributed by atoms with Crippen molar-refractivity contribution >= 4 is 17.6 Å². The molecule has 1 aromatic heterocycles. The molecule has 0 bridgehead atoms. The fourth-order valence-corrected chi connectivity index (χ4v) is 4.22. The SMILES string of the molecule is Cc1cc(OCCn2ccnc2)cc(C)c1C(=O)Nc1cc([C@H]2C[C@H]2C(=O)O)ccc1C(F)(F)F. The molecule has 35 heavy (non-hydrogen) atoms. The molecule has 184 valence electrons. The molecular weight excluding hydrogens is 463 g/mol. The highest BCUT2D eigenvalue weighted by atomic mass is 19.4. The normalized spacial score (nSPS) is 17.2. The third kappa shape index (κ3) is 5.47. The molecule has 3 aromatic rings. The van der Waals surface area contributed by atoms with Crippen molar-refractivity contribution in [2.75, 3.05) is 11.9 Å². The quantitative estimate of drug-likeness (QED) is 0.465. The first-order chi connectivity index (χ1) is 16.5. The van der Waals surface area contributed by atoms with Gasteiger partial charge in [0.2, 0.25) is 0 Å². The average Bonchev–Trinajstić information content (AvgIpc) is 3.41. The van der Waals surface area contributed by atoms with Gasteiger partial charge in [0.1, 0.15) is 12.4 Å². The number of amides is 1. The van der Waals surface area contributed by atoms with Gasteiger partial charge < -0.3 is 19.7 Å². The smallest absolute Gasteiger partial charge is 0.418 e. The number of carbonyl (C=O) groups excluding carboxylic acids is 1. The van der Waals surface area contributed by atoms with Crippen LogP contribution in [0.25, 0.3) is 0 Å². The number of aliphatic carboxylic acids is 1. The van der Waals surface area contributed by atoms with E-state index in [9.17, 15) is 22.8 Å². The Balaban J connectivity index is 1.54. The molecule has 2 atom stereocenters. The number of alkyl halides is 3. The average molecular weight is 487 g/mol. The van der Waals surface area contributed by atoms with Crippen LogP contribution in [-0.4, -0.2) is 33.1 Å². The topological polar surface area (TPSA) is 93.5 Å². The van der Waals surface area contributed by atoms with Gasteiger partial charge in [-0.3, -0.25) is 9.59 Å². The van der Waals surface area contributed by atoms with Gasteiger partial charge in [-0.2, -0.15) is 13.2 Å². The summed E-state index contributed by atoms with van der Waals surface area (Å²) in [6.07, 6.45) is 0.810. The Morgan fingerprint density at radius 2 is 1.91 bits per heavy atom. The van der Waals surface area contributed by atoms with Crippen LogP contribution in [0.2, 0.25) is 0 Å². The van der Waals surface area contributed by atoms with Crippen LogP contribution in [0.1, 0.15) is 45.0 Å². The number of hydrogen-bond donors (Lipinski definition) is 2. The third-order valence-electron chi connectivity index (χ3n) is 6.04. The summed E-state index contributed by atoms with van der Waals surface area (Å²) < 4.78 is 48.5. The van der Waals surface area contributed by atoms with E-state index in [4.69, 9.17) is 9.84 Å². The molecule has 10 heteroatoms. The predicted molar refractivity (Wildman–Crippen MR) is 122 cm³/mol. The number of halogens is 3. The fourth-order valence-electron chi connectivity index (χ4n) is 4.22. The maximum atomic E-state index is 13.6. The summed E-state index contributed by atoms with van der Waals surface area (Å²) in [5, 5.41) is 11.6. The number of carbonyl (C=O) groups is 2. The molecule has 1 fully saturated rings. The van der Waals surface area contributed by atoms with Gasteiger partial charge in [-0.25, -0.2) is 4.98 Å². The minimum Gasteiger partial charge on any atom is -0.492 e. The van der Waals surface area contributed by atoms with Gasteiger partial charge in [0.25, 0.3) is 5.91 Å². The van der Waals surface area contributed by atoms with Crippen molar-refractivity contribution in [1.82, 2.24) is 9.55 Å². The summed E-state index contributed by atoms with van der Waals surface area (Å²) >= 11 is 0. The van der Waals surface area contributed by atoms with Crippen molar-refractivity contribution in [3.05, 3.63) is 76.9 Å². The zero-order chi connectivity index (χ0) is 25.3. The lowest BCUT2D eigenvalue weighted by Gasteiger charge is -2.17. The number of hydrogen-bond acceptors (Lipinski definition) is 4. The standard InChI is InChI=1S/C25H24F3N3O4/c1-14-9-17(35-8-7-31-6-5-29-13-31)10-15(2)22(14)23(32)30-21-11-16(18-12-19(18)24(33)34)3-4-20(21)25(26,27)28/h3-6,9-11,13,18-19H,7-8,12H2,1-2H3,(H,30,32)(H,33,34)/t18-,19-/m1/s1. The van der Waals surface area contributed by atoms with Crippen molar-refractivity contribution in [2.24, 2.45) is 5.92 Å². The highest BCUT2D eigenvalue weighted by molar-refractivity contribution is 6.07. The predicted octanol–water partition coefficient (Wildman–Crippen LogP) is 5.04. The molecule has 1 aliphatic rings. The second kappa shape index (κ2) is 9.44. The Labute approximate surface area is 199 Å². The second-order valence-electron chi connectivity index (χ2n) is 8.62. The molecule has 1 amide bonds. The van der Waals surface area contributed by atoms with Gasteiger partial charge in [0.05, 0.1) is 30.0 Å². The number of aryl methyl sites for hydroxylation is 2. The van der Waals surface area contributed by atoms with Gasteiger partial charge in [-0.1, -0.05) is 6.07 Å². The van der Waals surface area contributed by atoms with Crippen molar-refractivity contribution in [1.29, 1.82) is 0 Å². The fraction of sp³-hybridized carbons (Fsp3) is 0.320. The van der Waals surface area contributed by atoms with E-state index in [1.807, 2.05) is 10.8 Å². The molecule has 0 radical (unpaired) electrons. The first kappa shape index (κ1) is 24.3. The number of rotatable bonds is 8. The van der Waals surface area contributed by atoms with Crippen LogP contribution in [0, 0.1) is 19.8 Å². The van der Waals surface area contributed by atoms with Gasteiger partial charge in [-0.05, 0) is 67.1 Å². The number of benzene rings is 2. The Morgan fingerprint density at radius 1 is 1.20 bits per heavy atom. The summed E-state index contributed by atoms with van der Waals surface area (Å²) in [6, 6.07) is 6.72. The molecule has 7 nitrogen and oxygen atoms in total. The largest absolute Gasteiger partial charge is 0.492 e. The zero-order valence-electron chi connectivity index (χ0n) is 19.1. The third-order valence-corrected chi connectivity index (χ3v) is 6.04. The summed E-state index contributed by atoms with van der Waals surface area (Å²) in [5.74, 6) is -2.12. The van der Waals surface area contributed by atoms with Gasteiger partial charge in [0.15, 0.2) is 0 Å². The minimum absolute atomic E-state index is 0.250. The van der Waals surface area contributed by atoms with E-state index in [1.54, 1.807) is 38.5 Å². The number of anilines is 1. The van der Waals surface area contributed by atoms with E-state index in [2.05, 4.69) is 10.3 Å². The molecule has 1 aliphatic carbocycles. The number of imidazole rings is 1. The van der Waals surface area contributed by atoms with Gasteiger partial charge in [0, 0.05) is 18.0 Å². The van der Waals surface area contributed by atoms with Crippen LogP contribution in [0.5, 0.6) is 5.75 Å². The molecule has 0 spiro atoms. The van der Waals surface area contributed by atoms with Crippen LogP contribution in [-0.2, 0) is 17.5 Å². The van der Waals surface area contributed by atoms with E-state index in [0.717, 1.165) is 6.07 Å². The Kier molecular flexibility index (Phi) is 6.56. The number of carboxylic acid groups (broad SMARTS) is 1. The maximum absolute atomic E-state index is 13.6. The van der Waals surface area contributed by atoms with Gasteiger partial charge >= 0.3 is 12.1 Å². The number of ether oxygens (including phenoxy) is 1. The van der Waals surface area contributed by atoms with E-state index < -0.39 is 35.2 Å². The van der Waals surface area contributed by atoms with E-state index in [1.165, 1.54) is 12.1 Å². The lowest BCUT2D eigenvalue weighted by atomic mass is 10.00. The Bertz CT molecular complexity index is 1230. The summed E-state index contributed by atoms with van der Waals surface area (Å²) in [4.78, 5) is 28.2. The highest BCUT2D eigenvalue weighted by Crippen LogP contribution is 2.49. The van der Waals surface area contributed by atoms with Crippen LogP contribution >= 0.6 is 0 Å². The first-order valence-electron chi connectivity index (χ1n) is 11.0. The van der Waals surface area contributed by atoms with E-state index in [-0.39, 0.29) is 11.5 Å². The molecule has 4 rings (SSSR count). The number of aromatic nitrogens is 2. The number of nitrogens with zero attached hydrogens (tertiary/aromatic N) is 2. The molecule has 0 aliphatic heterocycles. The van der Waals surface area contributed by atoms with Gasteiger partial charge in [-0.15, -0.1) is 0 Å². The minimum atomic E-state index is -4.69. The lowest BCUT2D eigenvalue weighted by molar-refractivity contribution is -0.139. The molecule has 1 saturated carbocycles. The molecule has 2 aromatic carbocycles. The summed E-state index contributed by atoms with van der Waals surface area (Å²) in [6.45, 7) is 4.34. The molecule has 1 heterocycles. The first-order valence-corrected chi connectivity index (χ1v) is 11.0. The summed E-state index contributed by atoms with van der Waals surface area (Å²) in [7, 11) is 0. The van der Waals surface area contributed by atoms with Crippen molar-refractivity contribution < 1.29 is 32.6 Å². The molecule has 0 saturated heterocycles. The molecular formula is C25H24F3N3O4. The lowest BCUT2D eigenvalue weighted by Crippen LogP contribution is -2.19. The Morgan fingerprint density at radius 3 is 2.49 bits per heavy atom. The Hall–Kier alpha value is -3.82. The van der Waals surface area contributed by atoms with Crippen LogP contribution in [0.3, 0.4) is 0 Å². The van der Waals surface area contributed by atoms with Crippen molar-refractivity contribution in [3.8, 4) is 5.75 Å². The molecule has 0 unspecified atom stereocenters. The van der Waals surface area contributed by atoms with Crippen molar-refractivity contribution in [2.45, 2.75) is 38.9 Å². The number of carboxylic acids is 1. The van der Waals surface area contributed by atoms with Crippen LogP contribution in [0.15, 0.2) is 49.1 Å². The van der Waals surface area contributed by atoms with Crippen LogP contribution in [0.4, 0.5) is 18.9 Å². The zero-order valence-corrected chi connectivity index (χ0v) is 19.1.